The lowest BCUT2D eigenvalue weighted by Crippen LogP contribution is -2.59. The lowest BCUT2D eigenvalue weighted by atomic mass is 9.88. The molecule has 182 valence electrons. The van der Waals surface area contributed by atoms with Gasteiger partial charge in [0.15, 0.2) is 0 Å². The van der Waals surface area contributed by atoms with Gasteiger partial charge in [-0.15, -0.1) is 0 Å². The van der Waals surface area contributed by atoms with Gasteiger partial charge in [0.05, 0.1) is 33.2 Å². The van der Waals surface area contributed by atoms with Crippen molar-refractivity contribution in [3.63, 3.8) is 0 Å². The molecule has 1 saturated heterocycles. The molecule has 3 heteroatoms. The predicted molar refractivity (Wildman–Crippen MR) is 147 cm³/mol. The van der Waals surface area contributed by atoms with E-state index in [1.165, 1.54) is 22.3 Å². The summed E-state index contributed by atoms with van der Waals surface area (Å²) in [6.45, 7) is 3.42. The Labute approximate surface area is 215 Å². The fourth-order valence-electron chi connectivity index (χ4n) is 5.71. The number of hydrogen-bond donors (Lipinski definition) is 0. The summed E-state index contributed by atoms with van der Waals surface area (Å²) >= 11 is 0. The van der Waals surface area contributed by atoms with Gasteiger partial charge in [0.2, 0.25) is 5.91 Å². The monoisotopic (exact) mass is 475 g/mol. The third-order valence-corrected chi connectivity index (χ3v) is 7.75. The highest BCUT2D eigenvalue weighted by molar-refractivity contribution is 5.78. The lowest BCUT2D eigenvalue weighted by Gasteiger charge is -2.47. The van der Waals surface area contributed by atoms with Gasteiger partial charge in [-0.05, 0) is 11.1 Å². The van der Waals surface area contributed by atoms with Gasteiger partial charge in [0.1, 0.15) is 6.04 Å². The molecule has 0 N–H and O–H groups in total. The molecule has 1 amide bonds. The molecule has 36 heavy (non-hydrogen) atoms. The van der Waals surface area contributed by atoms with Gasteiger partial charge in [0, 0.05) is 23.5 Å². The summed E-state index contributed by atoms with van der Waals surface area (Å²) in [4.78, 5) is 15.7. The topological polar surface area (TPSA) is 20.3 Å². The quantitative estimate of drug-likeness (QED) is 0.288. The van der Waals surface area contributed by atoms with E-state index in [1.54, 1.807) is 0 Å². The van der Waals surface area contributed by atoms with Crippen LogP contribution in [-0.4, -0.2) is 48.5 Å². The molecule has 1 heterocycles. The molecule has 4 aromatic carbocycles. The number of carbonyl (C=O) groups is 1. The fraction of sp³-hybridized carbons (Fsp3) is 0.242. The van der Waals surface area contributed by atoms with E-state index >= 15 is 0 Å². The van der Waals surface area contributed by atoms with E-state index in [4.69, 9.17) is 0 Å². The second-order valence-corrected chi connectivity index (χ2v) is 10.1. The Balaban J connectivity index is 1.33. The van der Waals surface area contributed by atoms with E-state index in [-0.39, 0.29) is 17.9 Å². The molecule has 0 radical (unpaired) electrons. The standard InChI is InChI=1S/C33H35N2O/c1-35(33(29-18-10-4-11-19-29)30-20-12-5-13-21-30)24-22-34(23-25-35)32(36)26-31(27-14-6-2-7-15-27)28-16-8-3-9-17-28/h2-21,31,33H,22-26H2,1H3/q+1. The number of piperazine rings is 1. The predicted octanol–water partition coefficient (Wildman–Crippen LogP) is 6.29. The number of rotatable bonds is 7. The van der Waals surface area contributed by atoms with Crippen LogP contribution in [0, 0.1) is 0 Å². The summed E-state index contributed by atoms with van der Waals surface area (Å²) in [5.41, 5.74) is 5.06. The highest BCUT2D eigenvalue weighted by Crippen LogP contribution is 2.35. The summed E-state index contributed by atoms with van der Waals surface area (Å²) < 4.78 is 0.901. The lowest BCUT2D eigenvalue weighted by molar-refractivity contribution is -0.937. The van der Waals surface area contributed by atoms with Gasteiger partial charge in [-0.25, -0.2) is 0 Å². The summed E-state index contributed by atoms with van der Waals surface area (Å²) in [5.74, 6) is 0.319. The number of amides is 1. The SMILES string of the molecule is C[N+]1(C(c2ccccc2)c2ccccc2)CCN(C(=O)CC(c2ccccc2)c2ccccc2)CC1. The number of nitrogens with zero attached hydrogens (tertiary/aromatic N) is 2. The van der Waals surface area contributed by atoms with Crippen molar-refractivity contribution in [3.05, 3.63) is 144 Å². The summed E-state index contributed by atoms with van der Waals surface area (Å²) in [6.07, 6.45) is 0.499. The smallest absolute Gasteiger partial charge is 0.223 e. The number of likely N-dealkylation sites (N-methyl/N-ethyl adjacent to an activating group) is 1. The maximum Gasteiger partial charge on any atom is 0.223 e. The van der Waals surface area contributed by atoms with Crippen LogP contribution in [-0.2, 0) is 4.79 Å². The molecule has 0 aliphatic carbocycles. The summed E-state index contributed by atoms with van der Waals surface area (Å²) in [6, 6.07) is 42.8. The minimum absolute atomic E-state index is 0.0732. The Bertz CT molecular complexity index is 1160. The largest absolute Gasteiger partial charge is 0.331 e. The zero-order valence-corrected chi connectivity index (χ0v) is 21.0. The van der Waals surface area contributed by atoms with E-state index < -0.39 is 0 Å². The number of carbonyl (C=O) groups excluding carboxylic acids is 1. The molecule has 1 fully saturated rings. The minimum atomic E-state index is 0.0732. The van der Waals surface area contributed by atoms with Crippen LogP contribution in [0.2, 0.25) is 0 Å². The van der Waals surface area contributed by atoms with E-state index in [1.807, 2.05) is 12.1 Å². The third kappa shape index (κ3) is 5.27. The summed E-state index contributed by atoms with van der Waals surface area (Å²) in [7, 11) is 2.35. The molecule has 5 rings (SSSR count). The molecule has 0 atom stereocenters. The van der Waals surface area contributed by atoms with Crippen LogP contribution in [0.5, 0.6) is 0 Å². The molecule has 0 spiro atoms. The van der Waals surface area contributed by atoms with Crippen LogP contribution >= 0.6 is 0 Å². The van der Waals surface area contributed by atoms with Gasteiger partial charge in [-0.1, -0.05) is 121 Å². The Morgan fingerprint density at radius 1 is 0.639 bits per heavy atom. The molecule has 3 nitrogen and oxygen atoms in total. The van der Waals surface area contributed by atoms with Gasteiger partial charge in [-0.3, -0.25) is 4.79 Å². The first-order valence-electron chi connectivity index (χ1n) is 13.0. The number of hydrogen-bond acceptors (Lipinski definition) is 1. The van der Waals surface area contributed by atoms with Crippen molar-refractivity contribution in [2.24, 2.45) is 0 Å². The maximum atomic E-state index is 13.6. The Hall–Kier alpha value is -3.69. The molecule has 0 unspecified atom stereocenters. The van der Waals surface area contributed by atoms with Crippen molar-refractivity contribution < 1.29 is 9.28 Å². The highest BCUT2D eigenvalue weighted by Gasteiger charge is 2.39. The van der Waals surface area contributed by atoms with E-state index in [0.29, 0.717) is 6.42 Å². The first kappa shape index (κ1) is 24.0. The van der Waals surface area contributed by atoms with Crippen molar-refractivity contribution in [1.29, 1.82) is 0 Å². The minimum Gasteiger partial charge on any atom is -0.331 e. The molecular weight excluding hydrogens is 440 g/mol. The van der Waals surface area contributed by atoms with Crippen molar-refractivity contribution in [2.75, 3.05) is 33.2 Å². The number of benzene rings is 4. The molecule has 1 aliphatic rings. The van der Waals surface area contributed by atoms with Crippen molar-refractivity contribution in [2.45, 2.75) is 18.4 Å². The molecular formula is C33H35N2O+. The Morgan fingerprint density at radius 2 is 1.00 bits per heavy atom. The molecule has 4 aromatic rings. The fourth-order valence-corrected chi connectivity index (χ4v) is 5.71. The van der Waals surface area contributed by atoms with Crippen molar-refractivity contribution in [3.8, 4) is 0 Å². The van der Waals surface area contributed by atoms with Crippen molar-refractivity contribution >= 4 is 5.91 Å². The third-order valence-electron chi connectivity index (χ3n) is 7.75. The van der Waals surface area contributed by atoms with Crippen LogP contribution in [0.4, 0.5) is 0 Å². The molecule has 1 aliphatic heterocycles. The van der Waals surface area contributed by atoms with E-state index in [0.717, 1.165) is 30.7 Å². The zero-order chi connectivity index (χ0) is 24.8. The molecule has 0 bridgehead atoms. The average Bonchev–Trinajstić information content (AvgIpc) is 2.94. The van der Waals surface area contributed by atoms with Gasteiger partial charge >= 0.3 is 0 Å². The highest BCUT2D eigenvalue weighted by atomic mass is 16.2. The molecule has 0 aromatic heterocycles. The van der Waals surface area contributed by atoms with Crippen LogP contribution in [0.1, 0.15) is 40.6 Å². The van der Waals surface area contributed by atoms with Gasteiger partial charge in [-0.2, -0.15) is 0 Å². The second kappa shape index (κ2) is 10.9. The van der Waals surface area contributed by atoms with E-state index in [2.05, 4.69) is 121 Å². The molecule has 0 saturated carbocycles. The Kier molecular flexibility index (Phi) is 7.29. The Morgan fingerprint density at radius 3 is 1.39 bits per heavy atom. The second-order valence-electron chi connectivity index (χ2n) is 10.1. The normalized spacial score (nSPS) is 15.2. The van der Waals surface area contributed by atoms with Crippen LogP contribution in [0.3, 0.4) is 0 Å². The van der Waals surface area contributed by atoms with Crippen LogP contribution in [0.25, 0.3) is 0 Å². The average molecular weight is 476 g/mol. The maximum absolute atomic E-state index is 13.6. The van der Waals surface area contributed by atoms with E-state index in [9.17, 15) is 4.79 Å². The van der Waals surface area contributed by atoms with Crippen molar-refractivity contribution in [1.82, 2.24) is 4.90 Å². The van der Waals surface area contributed by atoms with Crippen LogP contribution in [0.15, 0.2) is 121 Å². The number of quaternary nitrogens is 1. The first-order chi connectivity index (χ1) is 17.6. The van der Waals surface area contributed by atoms with Crippen LogP contribution < -0.4 is 0 Å². The zero-order valence-electron chi connectivity index (χ0n) is 21.0. The van der Waals surface area contributed by atoms with Gasteiger partial charge < -0.3 is 9.38 Å². The summed E-state index contributed by atoms with van der Waals surface area (Å²) in [5, 5.41) is 0. The first-order valence-corrected chi connectivity index (χ1v) is 13.0. The van der Waals surface area contributed by atoms with Gasteiger partial charge in [0.25, 0.3) is 0 Å².